The van der Waals surface area contributed by atoms with Crippen molar-refractivity contribution in [1.82, 2.24) is 5.32 Å². The molecule has 0 radical (unpaired) electrons. The molecule has 0 bridgehead atoms. The second-order valence-electron chi connectivity index (χ2n) is 8.03. The molecule has 0 aromatic heterocycles. The van der Waals surface area contributed by atoms with Gasteiger partial charge in [-0.1, -0.05) is 48.9 Å². The van der Waals surface area contributed by atoms with E-state index >= 15 is 0 Å². The number of nitrogens with one attached hydrogen (secondary N) is 1. The van der Waals surface area contributed by atoms with Gasteiger partial charge in [-0.05, 0) is 84.7 Å². The Balaban J connectivity index is 1.59. The van der Waals surface area contributed by atoms with Gasteiger partial charge < -0.3 is 9.47 Å². The predicted molar refractivity (Wildman–Crippen MR) is 145 cm³/mol. The van der Waals surface area contributed by atoms with E-state index < -0.39 is 11.8 Å². The molecule has 184 valence electrons. The highest BCUT2D eigenvalue weighted by Crippen LogP contribution is 2.31. The molecule has 1 aliphatic rings. The third kappa shape index (κ3) is 5.75. The van der Waals surface area contributed by atoms with Crippen LogP contribution in [0.15, 0.2) is 72.3 Å². The lowest BCUT2D eigenvalue weighted by atomic mass is 10.1. The lowest BCUT2D eigenvalue weighted by Gasteiger charge is -2.29. The number of thiocarbonyl (C=S) groups is 1. The number of nitrogens with zero attached hydrogens (tertiary/aromatic N) is 1. The predicted octanol–water partition coefficient (Wildman–Crippen LogP) is 5.71. The van der Waals surface area contributed by atoms with Crippen LogP contribution in [0.4, 0.5) is 5.69 Å². The minimum Gasteiger partial charge on any atom is -0.490 e. The number of rotatable bonds is 8. The smallest absolute Gasteiger partial charge is 0.270 e. The fourth-order valence-corrected chi connectivity index (χ4v) is 4.09. The standard InChI is InChI=1S/C28H25ClN2O4S/c1-3-18-7-12-22(13-8-18)31-27(33)23(26(32)30-28(31)36)15-20-9-14-24(25(16-20)34-4-2)35-17-19-5-10-21(29)11-6-19/h5-16H,3-4,17H2,1-2H3,(H,30,32,36)/b23-15+. The number of anilines is 1. The molecule has 1 aliphatic heterocycles. The molecule has 3 aromatic rings. The molecule has 0 saturated carbocycles. The second kappa shape index (κ2) is 11.4. The van der Waals surface area contributed by atoms with Crippen molar-refractivity contribution in [3.8, 4) is 11.5 Å². The van der Waals surface area contributed by atoms with E-state index in [-0.39, 0.29) is 10.7 Å². The number of carbonyl (C=O) groups is 2. The molecule has 4 rings (SSSR count). The number of hydrogen-bond donors (Lipinski definition) is 1. The van der Waals surface area contributed by atoms with E-state index in [9.17, 15) is 9.59 Å². The van der Waals surface area contributed by atoms with Gasteiger partial charge in [-0.25, -0.2) is 0 Å². The van der Waals surface area contributed by atoms with E-state index in [1.54, 1.807) is 30.3 Å². The average Bonchev–Trinajstić information content (AvgIpc) is 2.87. The lowest BCUT2D eigenvalue weighted by Crippen LogP contribution is -2.54. The van der Waals surface area contributed by atoms with Crippen LogP contribution in [0.5, 0.6) is 11.5 Å². The van der Waals surface area contributed by atoms with E-state index in [0.717, 1.165) is 17.5 Å². The molecule has 3 aromatic carbocycles. The summed E-state index contributed by atoms with van der Waals surface area (Å²) in [5.41, 5.74) is 3.27. The van der Waals surface area contributed by atoms with E-state index in [4.69, 9.17) is 33.3 Å². The highest BCUT2D eigenvalue weighted by Gasteiger charge is 2.34. The summed E-state index contributed by atoms with van der Waals surface area (Å²) in [5.74, 6) is 0.0145. The molecule has 8 heteroatoms. The first-order valence-electron chi connectivity index (χ1n) is 11.5. The molecule has 1 N–H and O–H groups in total. The molecule has 1 heterocycles. The van der Waals surface area contributed by atoms with Gasteiger partial charge in [0.05, 0.1) is 12.3 Å². The number of benzene rings is 3. The molecule has 1 saturated heterocycles. The van der Waals surface area contributed by atoms with Crippen LogP contribution in [-0.2, 0) is 22.6 Å². The Bertz CT molecular complexity index is 1320. The molecule has 1 fully saturated rings. The van der Waals surface area contributed by atoms with Gasteiger partial charge in [-0.15, -0.1) is 0 Å². The summed E-state index contributed by atoms with van der Waals surface area (Å²) in [6.45, 7) is 4.68. The first-order chi connectivity index (χ1) is 17.4. The monoisotopic (exact) mass is 520 g/mol. The summed E-state index contributed by atoms with van der Waals surface area (Å²) in [6, 6.07) is 20.1. The molecule has 36 heavy (non-hydrogen) atoms. The number of ether oxygens (including phenoxy) is 2. The number of hydrogen-bond acceptors (Lipinski definition) is 5. The van der Waals surface area contributed by atoms with Crippen LogP contribution in [0, 0.1) is 0 Å². The first-order valence-corrected chi connectivity index (χ1v) is 12.3. The minimum atomic E-state index is -0.549. The van der Waals surface area contributed by atoms with E-state index in [2.05, 4.69) is 12.2 Å². The minimum absolute atomic E-state index is 0.0274. The summed E-state index contributed by atoms with van der Waals surface area (Å²) in [7, 11) is 0. The normalized spacial score (nSPS) is 14.7. The highest BCUT2D eigenvalue weighted by molar-refractivity contribution is 7.80. The fourth-order valence-electron chi connectivity index (χ4n) is 3.68. The Labute approximate surface area is 220 Å². The Hall–Kier alpha value is -3.68. The molecule has 6 nitrogen and oxygen atoms in total. The molecule has 0 spiro atoms. The molecule has 0 unspecified atom stereocenters. The van der Waals surface area contributed by atoms with Crippen LogP contribution in [0.25, 0.3) is 6.08 Å². The van der Waals surface area contributed by atoms with Crippen molar-refractivity contribution in [2.75, 3.05) is 11.5 Å². The zero-order chi connectivity index (χ0) is 25.7. The van der Waals surface area contributed by atoms with E-state index in [0.29, 0.717) is 41.0 Å². The Morgan fingerprint density at radius 3 is 2.28 bits per heavy atom. The highest BCUT2D eigenvalue weighted by atomic mass is 35.5. The topological polar surface area (TPSA) is 67.9 Å². The Morgan fingerprint density at radius 2 is 1.61 bits per heavy atom. The number of halogens is 1. The quantitative estimate of drug-likeness (QED) is 0.234. The summed E-state index contributed by atoms with van der Waals surface area (Å²) in [4.78, 5) is 27.3. The van der Waals surface area contributed by atoms with Crippen molar-refractivity contribution in [3.63, 3.8) is 0 Å². The van der Waals surface area contributed by atoms with Gasteiger partial charge in [-0.2, -0.15) is 0 Å². The summed E-state index contributed by atoms with van der Waals surface area (Å²) >= 11 is 11.2. The van der Waals surface area contributed by atoms with Crippen LogP contribution in [-0.4, -0.2) is 23.5 Å². The summed E-state index contributed by atoms with van der Waals surface area (Å²) in [6.07, 6.45) is 2.40. The van der Waals surface area contributed by atoms with Crippen molar-refractivity contribution in [3.05, 3.63) is 94.0 Å². The maximum Gasteiger partial charge on any atom is 0.270 e. The van der Waals surface area contributed by atoms with Crippen LogP contribution >= 0.6 is 23.8 Å². The third-order valence-corrected chi connectivity index (χ3v) is 6.13. The third-order valence-electron chi connectivity index (χ3n) is 5.59. The molecular formula is C28H25ClN2O4S. The Kier molecular flexibility index (Phi) is 8.03. The zero-order valence-corrected chi connectivity index (χ0v) is 21.5. The van der Waals surface area contributed by atoms with Crippen molar-refractivity contribution in [2.45, 2.75) is 26.9 Å². The van der Waals surface area contributed by atoms with Crippen molar-refractivity contribution < 1.29 is 19.1 Å². The lowest BCUT2D eigenvalue weighted by molar-refractivity contribution is -0.122. The van der Waals surface area contributed by atoms with E-state index in [1.807, 2.05) is 43.3 Å². The van der Waals surface area contributed by atoms with Gasteiger partial charge in [0.15, 0.2) is 16.6 Å². The average molecular weight is 521 g/mol. The largest absolute Gasteiger partial charge is 0.490 e. The summed E-state index contributed by atoms with van der Waals surface area (Å²) in [5, 5.41) is 3.32. The molecular weight excluding hydrogens is 496 g/mol. The van der Waals surface area contributed by atoms with Gasteiger partial charge in [-0.3, -0.25) is 19.8 Å². The number of carbonyl (C=O) groups excluding carboxylic acids is 2. The van der Waals surface area contributed by atoms with Gasteiger partial charge >= 0.3 is 0 Å². The van der Waals surface area contributed by atoms with Crippen molar-refractivity contribution in [2.24, 2.45) is 0 Å². The number of aryl methyl sites for hydroxylation is 1. The van der Waals surface area contributed by atoms with E-state index in [1.165, 1.54) is 11.0 Å². The van der Waals surface area contributed by atoms with Crippen molar-refractivity contribution >= 4 is 52.5 Å². The van der Waals surface area contributed by atoms with Crippen molar-refractivity contribution in [1.29, 1.82) is 0 Å². The van der Waals surface area contributed by atoms with Crippen LogP contribution in [0.3, 0.4) is 0 Å². The Morgan fingerprint density at radius 1 is 0.917 bits per heavy atom. The molecule has 0 atom stereocenters. The van der Waals surface area contributed by atoms with Gasteiger partial charge in [0, 0.05) is 5.02 Å². The summed E-state index contributed by atoms with van der Waals surface area (Å²) < 4.78 is 11.7. The molecule has 0 aliphatic carbocycles. The van der Waals surface area contributed by atoms with Crippen LogP contribution in [0.2, 0.25) is 5.02 Å². The second-order valence-corrected chi connectivity index (χ2v) is 8.86. The first kappa shape index (κ1) is 25.4. The van der Waals surface area contributed by atoms with Crippen LogP contribution < -0.4 is 19.7 Å². The number of amides is 2. The fraction of sp³-hybridized carbons (Fsp3) is 0.179. The SMILES string of the molecule is CCOc1cc(/C=C2\C(=O)NC(=S)N(c3ccc(CC)cc3)C2=O)ccc1OCc1ccc(Cl)cc1. The van der Waals surface area contributed by atoms with Gasteiger partial charge in [0.1, 0.15) is 12.2 Å². The maximum atomic E-state index is 13.3. The van der Waals surface area contributed by atoms with Gasteiger partial charge in [0.25, 0.3) is 11.8 Å². The zero-order valence-electron chi connectivity index (χ0n) is 19.9. The van der Waals surface area contributed by atoms with Gasteiger partial charge in [0.2, 0.25) is 0 Å². The molecule has 2 amide bonds. The maximum absolute atomic E-state index is 13.3. The van der Waals surface area contributed by atoms with Crippen LogP contribution in [0.1, 0.15) is 30.5 Å².